The molecular weight excluding hydrogens is 421 g/mol. The number of hydrogen-bond acceptors (Lipinski definition) is 4. The van der Waals surface area contributed by atoms with Crippen LogP contribution in [0.4, 0.5) is 24.5 Å². The topological polar surface area (TPSA) is 68.4 Å². The Morgan fingerprint density at radius 2 is 1.94 bits per heavy atom. The van der Waals surface area contributed by atoms with Crippen LogP contribution in [0.5, 0.6) is 0 Å². The molecule has 1 aliphatic rings. The van der Waals surface area contributed by atoms with Gasteiger partial charge in [-0.15, -0.1) is 0 Å². The number of aromatic amines is 1. The van der Waals surface area contributed by atoms with Crippen LogP contribution >= 0.6 is 0 Å². The van der Waals surface area contributed by atoms with Gasteiger partial charge in [-0.3, -0.25) is 9.59 Å². The van der Waals surface area contributed by atoms with E-state index in [1.807, 2.05) is 19.0 Å². The molecule has 2 N–H and O–H groups in total. The molecule has 4 rings (SSSR count). The molecule has 9 heteroatoms. The number of carbonyl (C=O) groups excluding carboxylic acids is 1. The van der Waals surface area contributed by atoms with Gasteiger partial charge >= 0.3 is 6.18 Å². The lowest BCUT2D eigenvalue weighted by atomic mass is 10.1. The average Bonchev–Trinajstić information content (AvgIpc) is 3.24. The Balaban J connectivity index is 1.64. The van der Waals surface area contributed by atoms with E-state index in [9.17, 15) is 22.8 Å². The van der Waals surface area contributed by atoms with Crippen molar-refractivity contribution in [2.45, 2.75) is 18.6 Å². The summed E-state index contributed by atoms with van der Waals surface area (Å²) in [6.07, 6.45) is -2.60. The predicted molar refractivity (Wildman–Crippen MR) is 118 cm³/mol. The highest BCUT2D eigenvalue weighted by molar-refractivity contribution is 6.06. The molecular formula is C23H23F3N4O2. The van der Waals surface area contributed by atoms with Gasteiger partial charge in [0, 0.05) is 41.9 Å². The summed E-state index contributed by atoms with van der Waals surface area (Å²) in [5.74, 6) is -0.899. The molecule has 1 fully saturated rings. The van der Waals surface area contributed by atoms with E-state index in [0.717, 1.165) is 12.5 Å². The molecule has 168 valence electrons. The van der Waals surface area contributed by atoms with E-state index in [4.69, 9.17) is 0 Å². The first kappa shape index (κ1) is 21.9. The molecule has 0 aliphatic carbocycles. The summed E-state index contributed by atoms with van der Waals surface area (Å²) in [7, 11) is 3.89. The van der Waals surface area contributed by atoms with Gasteiger partial charge in [-0.25, -0.2) is 0 Å². The van der Waals surface area contributed by atoms with E-state index in [0.29, 0.717) is 24.3 Å². The third kappa shape index (κ3) is 4.20. The average molecular weight is 444 g/mol. The van der Waals surface area contributed by atoms with Gasteiger partial charge in [0.25, 0.3) is 5.91 Å². The zero-order chi connectivity index (χ0) is 23.0. The number of anilines is 2. The largest absolute Gasteiger partial charge is 0.418 e. The molecule has 3 aromatic rings. The van der Waals surface area contributed by atoms with Gasteiger partial charge in [0.05, 0.1) is 11.3 Å². The van der Waals surface area contributed by atoms with E-state index in [2.05, 4.69) is 15.2 Å². The van der Waals surface area contributed by atoms with Gasteiger partial charge in [0.15, 0.2) is 0 Å². The van der Waals surface area contributed by atoms with Gasteiger partial charge in [0.1, 0.15) is 5.56 Å². The van der Waals surface area contributed by atoms with Crippen molar-refractivity contribution in [3.05, 3.63) is 70.0 Å². The molecule has 6 nitrogen and oxygen atoms in total. The minimum Gasteiger partial charge on any atom is -0.370 e. The first-order valence-corrected chi connectivity index (χ1v) is 10.2. The van der Waals surface area contributed by atoms with Crippen LogP contribution in [0.1, 0.15) is 22.3 Å². The van der Waals surface area contributed by atoms with Crippen LogP contribution in [0.15, 0.2) is 53.5 Å². The van der Waals surface area contributed by atoms with Crippen molar-refractivity contribution in [2.24, 2.45) is 0 Å². The van der Waals surface area contributed by atoms with Crippen LogP contribution in [0.2, 0.25) is 0 Å². The maximum atomic E-state index is 13.8. The standard InChI is InChI=1S/C23H23F3N4O2/c1-29(2)15-9-10-30(13-15)14-7-8-20(18(11-14)23(24,25)26)28-22(32)17-12-27-19-6-4-3-5-16(19)21(17)31/h3-8,11-12,15H,9-10,13H2,1-2H3,(H,27,31)(H,28,32). The number of nitrogens with one attached hydrogen (secondary N) is 2. The normalized spacial score (nSPS) is 16.7. The van der Waals surface area contributed by atoms with Gasteiger partial charge in [-0.05, 0) is 50.8 Å². The third-order valence-electron chi connectivity index (χ3n) is 5.85. The molecule has 32 heavy (non-hydrogen) atoms. The molecule has 0 spiro atoms. The number of alkyl halides is 3. The number of fused-ring (bicyclic) bond motifs is 1. The Hall–Kier alpha value is -3.33. The van der Waals surface area contributed by atoms with Crippen molar-refractivity contribution in [3.8, 4) is 0 Å². The highest BCUT2D eigenvalue weighted by atomic mass is 19.4. The fourth-order valence-electron chi connectivity index (χ4n) is 4.00. The fraction of sp³-hybridized carbons (Fsp3) is 0.304. The minimum atomic E-state index is -4.67. The summed E-state index contributed by atoms with van der Waals surface area (Å²) in [5.41, 5.74) is -1.15. The van der Waals surface area contributed by atoms with E-state index in [1.165, 1.54) is 12.3 Å². The molecule has 2 aromatic carbocycles. The number of rotatable bonds is 4. The maximum Gasteiger partial charge on any atom is 0.418 e. The predicted octanol–water partition coefficient (Wildman–Crippen LogP) is 3.94. The number of hydrogen-bond donors (Lipinski definition) is 2. The number of amides is 1. The molecule has 1 amide bonds. The number of carbonyl (C=O) groups is 1. The Kier molecular flexibility index (Phi) is 5.68. The van der Waals surface area contributed by atoms with Gasteiger partial charge in [0.2, 0.25) is 5.43 Å². The molecule has 0 bridgehead atoms. The van der Waals surface area contributed by atoms with E-state index in [1.54, 1.807) is 30.3 Å². The third-order valence-corrected chi connectivity index (χ3v) is 5.85. The number of benzene rings is 2. The number of H-pyrrole nitrogens is 1. The summed E-state index contributed by atoms with van der Waals surface area (Å²) < 4.78 is 41.4. The number of pyridine rings is 1. The van der Waals surface area contributed by atoms with Gasteiger partial charge in [-0.1, -0.05) is 12.1 Å². The summed E-state index contributed by atoms with van der Waals surface area (Å²) in [6, 6.07) is 10.7. The lowest BCUT2D eigenvalue weighted by Crippen LogP contribution is -2.31. The van der Waals surface area contributed by atoms with Crippen molar-refractivity contribution < 1.29 is 18.0 Å². The van der Waals surface area contributed by atoms with E-state index < -0.39 is 23.1 Å². The number of halogens is 3. The number of nitrogens with zero attached hydrogens (tertiary/aromatic N) is 2. The number of aromatic nitrogens is 1. The Bertz CT molecular complexity index is 1220. The summed E-state index contributed by atoms with van der Waals surface area (Å²) >= 11 is 0. The Labute approximate surface area is 182 Å². The molecule has 2 heterocycles. The summed E-state index contributed by atoms with van der Waals surface area (Å²) in [4.78, 5) is 32.1. The Morgan fingerprint density at radius 3 is 2.62 bits per heavy atom. The van der Waals surface area contributed by atoms with E-state index >= 15 is 0 Å². The van der Waals surface area contributed by atoms with Crippen LogP contribution < -0.4 is 15.6 Å². The molecule has 0 radical (unpaired) electrons. The minimum absolute atomic E-state index is 0.255. The van der Waals surface area contributed by atoms with Crippen LogP contribution in [0.3, 0.4) is 0 Å². The van der Waals surface area contributed by atoms with Crippen molar-refractivity contribution in [3.63, 3.8) is 0 Å². The van der Waals surface area contributed by atoms with Crippen LogP contribution in [0.25, 0.3) is 10.9 Å². The molecule has 1 aromatic heterocycles. The second-order valence-electron chi connectivity index (χ2n) is 8.11. The summed E-state index contributed by atoms with van der Waals surface area (Å²) in [5, 5.41) is 2.57. The lowest BCUT2D eigenvalue weighted by molar-refractivity contribution is -0.136. The maximum absolute atomic E-state index is 13.8. The van der Waals surface area contributed by atoms with Crippen molar-refractivity contribution >= 4 is 28.2 Å². The molecule has 1 aliphatic heterocycles. The molecule has 0 saturated carbocycles. The van der Waals surface area contributed by atoms with Crippen LogP contribution in [0, 0.1) is 0 Å². The first-order chi connectivity index (χ1) is 15.1. The molecule has 1 atom stereocenters. The SMILES string of the molecule is CN(C)C1CCN(c2ccc(NC(=O)c3c[nH]c4ccccc4c3=O)c(C(F)(F)F)c2)C1. The van der Waals surface area contributed by atoms with Gasteiger partial charge < -0.3 is 20.1 Å². The quantitative estimate of drug-likeness (QED) is 0.640. The van der Waals surface area contributed by atoms with Crippen LogP contribution in [-0.4, -0.2) is 49.0 Å². The van der Waals surface area contributed by atoms with E-state index in [-0.39, 0.29) is 22.7 Å². The second-order valence-corrected chi connectivity index (χ2v) is 8.11. The van der Waals surface area contributed by atoms with Crippen LogP contribution in [-0.2, 0) is 6.18 Å². The summed E-state index contributed by atoms with van der Waals surface area (Å²) in [6.45, 7) is 1.28. The lowest BCUT2D eigenvalue weighted by Gasteiger charge is -2.23. The van der Waals surface area contributed by atoms with Crippen molar-refractivity contribution in [2.75, 3.05) is 37.4 Å². The fourth-order valence-corrected chi connectivity index (χ4v) is 4.00. The van der Waals surface area contributed by atoms with Gasteiger partial charge in [-0.2, -0.15) is 13.2 Å². The monoisotopic (exact) mass is 444 g/mol. The Morgan fingerprint density at radius 1 is 1.19 bits per heavy atom. The number of likely N-dealkylation sites (N-methyl/N-ethyl adjacent to an activating group) is 1. The smallest absolute Gasteiger partial charge is 0.370 e. The highest BCUT2D eigenvalue weighted by Crippen LogP contribution is 2.38. The zero-order valence-electron chi connectivity index (χ0n) is 17.7. The highest BCUT2D eigenvalue weighted by Gasteiger charge is 2.35. The molecule has 1 saturated heterocycles. The first-order valence-electron chi connectivity index (χ1n) is 10.2. The number of para-hydroxylation sites is 1. The van der Waals surface area contributed by atoms with Crippen molar-refractivity contribution in [1.29, 1.82) is 0 Å². The van der Waals surface area contributed by atoms with Crippen molar-refractivity contribution in [1.82, 2.24) is 9.88 Å². The zero-order valence-corrected chi connectivity index (χ0v) is 17.7. The second kappa shape index (κ2) is 8.31. The molecule has 1 unspecified atom stereocenters.